The van der Waals surface area contributed by atoms with Crippen LogP contribution in [0.1, 0.15) is 34.6 Å². The van der Waals surface area contributed by atoms with E-state index in [1.807, 2.05) is 44.2 Å². The molecule has 5 rings (SSSR count). The van der Waals surface area contributed by atoms with Gasteiger partial charge in [-0.25, -0.2) is 4.39 Å². The number of nitrogens with zero attached hydrogens (tertiary/aromatic N) is 4. The van der Waals surface area contributed by atoms with Gasteiger partial charge in [-0.3, -0.25) is 9.36 Å². The van der Waals surface area contributed by atoms with Crippen molar-refractivity contribution in [3.63, 3.8) is 0 Å². The molecule has 4 aromatic rings. The number of halogens is 2. The molecule has 1 aliphatic rings. The van der Waals surface area contributed by atoms with E-state index in [-0.39, 0.29) is 22.7 Å². The van der Waals surface area contributed by atoms with Gasteiger partial charge in [-0.05, 0) is 75.2 Å². The van der Waals surface area contributed by atoms with E-state index in [0.29, 0.717) is 28.0 Å². The lowest BCUT2D eigenvalue weighted by molar-refractivity contribution is 0.0957. The van der Waals surface area contributed by atoms with Crippen molar-refractivity contribution in [2.75, 3.05) is 19.5 Å². The number of Topliss-reactive ketones (excluding diaryl/α,β-unsaturated/α-hetero) is 1. The van der Waals surface area contributed by atoms with Gasteiger partial charge in [0, 0.05) is 35.7 Å². The highest BCUT2D eigenvalue weighted by atomic mass is 35.5. The summed E-state index contributed by atoms with van der Waals surface area (Å²) in [4.78, 5) is 13.3. The third kappa shape index (κ3) is 5.36. The Morgan fingerprint density at radius 2 is 1.97 bits per heavy atom. The highest BCUT2D eigenvalue weighted by Crippen LogP contribution is 2.31. The maximum atomic E-state index is 13.9. The normalized spacial score (nSPS) is 15.2. The topological polar surface area (TPSA) is 71.2 Å². The fourth-order valence-electron chi connectivity index (χ4n) is 4.71. The lowest BCUT2D eigenvalue weighted by atomic mass is 10.2. The van der Waals surface area contributed by atoms with E-state index in [0.717, 1.165) is 42.9 Å². The molecule has 0 saturated carbocycles. The van der Waals surface area contributed by atoms with Crippen LogP contribution in [0.4, 0.5) is 4.39 Å². The number of hydrogen-bond donors (Lipinski definition) is 0. The highest BCUT2D eigenvalue weighted by molar-refractivity contribution is 7.99. The second-order valence-corrected chi connectivity index (χ2v) is 10.6. The Balaban J connectivity index is 1.42. The Kier molecular flexibility index (Phi) is 7.88. The molecule has 1 saturated heterocycles. The average molecular weight is 555 g/mol. The van der Waals surface area contributed by atoms with E-state index in [9.17, 15) is 9.18 Å². The molecular formula is C28H28ClFN4O3S. The quantitative estimate of drug-likeness (QED) is 0.178. The summed E-state index contributed by atoms with van der Waals surface area (Å²) in [5, 5.41) is 9.26. The standard InChI is InChI=1S/C28H28ClFN4O3S/c1-17-13-23(18(2)33(17)15-22-5-4-12-37-22)26(35)16-38-28-32-31-27(19-6-9-21(36-3)10-7-19)34(28)20-8-11-25(30)24(29)14-20/h6-11,13-14,22H,4-5,12,15-16H2,1-3H3/t22-/m1/s1. The molecule has 0 N–H and O–H groups in total. The van der Waals surface area contributed by atoms with Crippen LogP contribution in [0.25, 0.3) is 17.1 Å². The molecule has 198 valence electrons. The van der Waals surface area contributed by atoms with Crippen molar-refractivity contribution in [1.29, 1.82) is 0 Å². The summed E-state index contributed by atoms with van der Waals surface area (Å²) in [5.74, 6) is 0.901. The van der Waals surface area contributed by atoms with Gasteiger partial charge in [-0.1, -0.05) is 23.4 Å². The number of carbonyl (C=O) groups is 1. The van der Waals surface area contributed by atoms with Crippen molar-refractivity contribution in [2.45, 2.75) is 44.5 Å². The van der Waals surface area contributed by atoms with Crippen molar-refractivity contribution >= 4 is 29.1 Å². The van der Waals surface area contributed by atoms with Gasteiger partial charge in [0.1, 0.15) is 11.6 Å². The summed E-state index contributed by atoms with van der Waals surface area (Å²) in [7, 11) is 1.60. The predicted octanol–water partition coefficient (Wildman–Crippen LogP) is 6.31. The zero-order valence-corrected chi connectivity index (χ0v) is 23.0. The van der Waals surface area contributed by atoms with Crippen LogP contribution in [0.3, 0.4) is 0 Å². The number of ketones is 1. The SMILES string of the molecule is COc1ccc(-c2nnc(SCC(=O)c3cc(C)n(C[C@H]4CCCO4)c3C)n2-c2ccc(F)c(Cl)c2)cc1. The van der Waals surface area contributed by atoms with Gasteiger partial charge < -0.3 is 14.0 Å². The van der Waals surface area contributed by atoms with E-state index in [1.54, 1.807) is 17.7 Å². The fraction of sp³-hybridized carbons (Fsp3) is 0.321. The summed E-state index contributed by atoms with van der Waals surface area (Å²) in [5.41, 5.74) is 4.05. The molecular weight excluding hydrogens is 527 g/mol. The van der Waals surface area contributed by atoms with Crippen molar-refractivity contribution in [1.82, 2.24) is 19.3 Å². The molecule has 2 aromatic carbocycles. The molecule has 1 atom stereocenters. The van der Waals surface area contributed by atoms with Crippen LogP contribution in [0, 0.1) is 19.7 Å². The molecule has 2 aromatic heterocycles. The molecule has 0 amide bonds. The maximum absolute atomic E-state index is 13.9. The zero-order valence-electron chi connectivity index (χ0n) is 21.4. The van der Waals surface area contributed by atoms with Crippen LogP contribution < -0.4 is 4.74 Å². The third-order valence-corrected chi connectivity index (χ3v) is 7.98. The van der Waals surface area contributed by atoms with E-state index >= 15 is 0 Å². The molecule has 38 heavy (non-hydrogen) atoms. The molecule has 10 heteroatoms. The molecule has 3 heterocycles. The zero-order chi connectivity index (χ0) is 26.8. The minimum Gasteiger partial charge on any atom is -0.497 e. The second kappa shape index (κ2) is 11.3. The van der Waals surface area contributed by atoms with E-state index in [4.69, 9.17) is 21.1 Å². The number of methoxy groups -OCH3 is 1. The van der Waals surface area contributed by atoms with Crippen molar-refractivity contribution in [3.05, 3.63) is 76.3 Å². The maximum Gasteiger partial charge on any atom is 0.196 e. The Morgan fingerprint density at radius 3 is 2.66 bits per heavy atom. The minimum atomic E-state index is -0.516. The lowest BCUT2D eigenvalue weighted by Gasteiger charge is -2.14. The molecule has 7 nitrogen and oxygen atoms in total. The number of benzene rings is 2. The van der Waals surface area contributed by atoms with Crippen molar-refractivity contribution in [3.8, 4) is 22.8 Å². The van der Waals surface area contributed by atoms with Crippen LogP contribution >= 0.6 is 23.4 Å². The van der Waals surface area contributed by atoms with Gasteiger partial charge in [0.2, 0.25) is 0 Å². The van der Waals surface area contributed by atoms with Gasteiger partial charge in [0.15, 0.2) is 16.8 Å². The number of thioether (sulfide) groups is 1. The summed E-state index contributed by atoms with van der Waals surface area (Å²) < 4.78 is 29.0. The van der Waals surface area contributed by atoms with Crippen LogP contribution in [0.5, 0.6) is 5.75 Å². The molecule has 0 bridgehead atoms. The van der Waals surface area contributed by atoms with Crippen molar-refractivity contribution < 1.29 is 18.7 Å². The first kappa shape index (κ1) is 26.5. The number of hydrogen-bond acceptors (Lipinski definition) is 6. The Hall–Kier alpha value is -3.14. The number of aryl methyl sites for hydroxylation is 1. The first-order chi connectivity index (χ1) is 18.4. The molecule has 0 aliphatic carbocycles. The molecule has 1 aliphatic heterocycles. The Morgan fingerprint density at radius 1 is 1.18 bits per heavy atom. The molecule has 0 radical (unpaired) electrons. The molecule has 1 fully saturated rings. The number of rotatable bonds is 9. The average Bonchev–Trinajstić information content (AvgIpc) is 3.66. The van der Waals surface area contributed by atoms with Gasteiger partial charge in [-0.15, -0.1) is 10.2 Å². The lowest BCUT2D eigenvalue weighted by Crippen LogP contribution is -2.17. The summed E-state index contributed by atoms with van der Waals surface area (Å²) >= 11 is 7.39. The molecule has 0 spiro atoms. The number of aromatic nitrogens is 4. The summed E-state index contributed by atoms with van der Waals surface area (Å²) in [6.07, 6.45) is 2.30. The van der Waals surface area contributed by atoms with Crippen LogP contribution in [-0.4, -0.2) is 50.7 Å². The number of ether oxygens (including phenoxy) is 2. The fourth-order valence-corrected chi connectivity index (χ4v) is 5.72. The van der Waals surface area contributed by atoms with Crippen LogP contribution in [-0.2, 0) is 11.3 Å². The smallest absolute Gasteiger partial charge is 0.196 e. The van der Waals surface area contributed by atoms with Crippen LogP contribution in [0.15, 0.2) is 53.7 Å². The first-order valence-electron chi connectivity index (χ1n) is 12.3. The Labute approximate surface area is 229 Å². The summed E-state index contributed by atoms with van der Waals surface area (Å²) in [6, 6.07) is 13.8. The largest absolute Gasteiger partial charge is 0.497 e. The van der Waals surface area contributed by atoms with Gasteiger partial charge >= 0.3 is 0 Å². The monoisotopic (exact) mass is 554 g/mol. The predicted molar refractivity (Wildman–Crippen MR) is 146 cm³/mol. The minimum absolute atomic E-state index is 0.000577. The second-order valence-electron chi connectivity index (χ2n) is 9.21. The Bertz CT molecular complexity index is 1460. The van der Waals surface area contributed by atoms with E-state index < -0.39 is 5.82 Å². The van der Waals surface area contributed by atoms with Crippen molar-refractivity contribution in [2.24, 2.45) is 0 Å². The van der Waals surface area contributed by atoms with Crippen LogP contribution in [0.2, 0.25) is 5.02 Å². The third-order valence-electron chi connectivity index (χ3n) is 6.76. The number of carbonyl (C=O) groups excluding carboxylic acids is 1. The van der Waals surface area contributed by atoms with Gasteiger partial charge in [-0.2, -0.15) is 0 Å². The highest BCUT2D eigenvalue weighted by Gasteiger charge is 2.23. The summed E-state index contributed by atoms with van der Waals surface area (Å²) in [6.45, 7) is 5.54. The van der Waals surface area contributed by atoms with Gasteiger partial charge in [0.25, 0.3) is 0 Å². The first-order valence-corrected chi connectivity index (χ1v) is 13.7. The van der Waals surface area contributed by atoms with Gasteiger partial charge in [0.05, 0.1) is 29.7 Å². The molecule has 0 unspecified atom stereocenters. The van der Waals surface area contributed by atoms with E-state index in [1.165, 1.54) is 23.9 Å². The van der Waals surface area contributed by atoms with E-state index in [2.05, 4.69) is 14.8 Å².